The average molecular weight is 276 g/mol. The van der Waals surface area contributed by atoms with Gasteiger partial charge in [-0.05, 0) is 38.5 Å². The lowest BCUT2D eigenvalue weighted by atomic mass is 10.0. The Labute approximate surface area is 122 Å². The van der Waals surface area contributed by atoms with Crippen LogP contribution >= 0.6 is 0 Å². The van der Waals surface area contributed by atoms with Gasteiger partial charge in [0.2, 0.25) is 0 Å². The second kappa shape index (κ2) is 6.88. The molecule has 1 fully saturated rings. The van der Waals surface area contributed by atoms with Crippen LogP contribution < -0.4 is 0 Å². The van der Waals surface area contributed by atoms with E-state index in [4.69, 9.17) is 0 Å². The van der Waals surface area contributed by atoms with Crippen LogP contribution in [0.3, 0.4) is 0 Å². The van der Waals surface area contributed by atoms with Gasteiger partial charge in [0.05, 0.1) is 6.10 Å². The standard InChI is InChI=1S/C17H28N2O/c20-17-13-18(15-7-3-1-4-8-15)11-12-19(14-17)16-9-5-2-6-10-16/h3,5,7,9,15-17,20H,1-2,4,6,8,10-14H2/t15-,16-/m0/s1. The Morgan fingerprint density at radius 2 is 1.30 bits per heavy atom. The number of β-amino-alcohol motifs (C(OH)–C–C–N with tert-alkyl or cyclic N) is 1. The summed E-state index contributed by atoms with van der Waals surface area (Å²) in [5.74, 6) is 0. The molecule has 20 heavy (non-hydrogen) atoms. The van der Waals surface area contributed by atoms with Crippen molar-refractivity contribution >= 4 is 0 Å². The minimum absolute atomic E-state index is 0.205. The normalized spacial score (nSPS) is 34.2. The molecule has 112 valence electrons. The van der Waals surface area contributed by atoms with Crippen molar-refractivity contribution in [2.75, 3.05) is 26.2 Å². The summed E-state index contributed by atoms with van der Waals surface area (Å²) in [4.78, 5) is 4.99. The Morgan fingerprint density at radius 3 is 1.70 bits per heavy atom. The number of rotatable bonds is 2. The van der Waals surface area contributed by atoms with E-state index in [1.807, 2.05) is 0 Å². The third-order valence-corrected chi connectivity index (χ3v) is 4.96. The maximum Gasteiger partial charge on any atom is 0.0794 e. The molecule has 0 aromatic carbocycles. The van der Waals surface area contributed by atoms with Crippen LogP contribution in [-0.4, -0.2) is 59.3 Å². The summed E-state index contributed by atoms with van der Waals surface area (Å²) in [6.45, 7) is 3.86. The van der Waals surface area contributed by atoms with Gasteiger partial charge in [0, 0.05) is 38.3 Å². The molecule has 0 aromatic rings. The summed E-state index contributed by atoms with van der Waals surface area (Å²) in [6, 6.07) is 1.11. The average Bonchev–Trinajstić information content (AvgIpc) is 2.71. The fourth-order valence-corrected chi connectivity index (χ4v) is 3.84. The molecule has 0 radical (unpaired) electrons. The molecule has 3 heteroatoms. The predicted molar refractivity (Wildman–Crippen MR) is 82.7 cm³/mol. The molecule has 0 spiro atoms. The topological polar surface area (TPSA) is 26.7 Å². The molecule has 1 N–H and O–H groups in total. The molecule has 0 aromatic heterocycles. The van der Waals surface area contributed by atoms with Crippen LogP contribution in [-0.2, 0) is 0 Å². The van der Waals surface area contributed by atoms with Crippen molar-refractivity contribution in [3.8, 4) is 0 Å². The predicted octanol–water partition coefficient (Wildman–Crippen LogP) is 2.18. The Morgan fingerprint density at radius 1 is 0.800 bits per heavy atom. The zero-order chi connectivity index (χ0) is 13.8. The molecule has 0 unspecified atom stereocenters. The van der Waals surface area contributed by atoms with Gasteiger partial charge in [0.1, 0.15) is 0 Å². The number of hydrogen-bond donors (Lipinski definition) is 1. The van der Waals surface area contributed by atoms with Gasteiger partial charge in [0.15, 0.2) is 0 Å². The van der Waals surface area contributed by atoms with Crippen molar-refractivity contribution in [3.05, 3.63) is 24.3 Å². The molecule has 1 heterocycles. The fourth-order valence-electron chi connectivity index (χ4n) is 3.84. The van der Waals surface area contributed by atoms with Gasteiger partial charge >= 0.3 is 0 Å². The van der Waals surface area contributed by atoms with E-state index < -0.39 is 0 Å². The van der Waals surface area contributed by atoms with Crippen LogP contribution in [0.5, 0.6) is 0 Å². The van der Waals surface area contributed by atoms with Gasteiger partial charge < -0.3 is 5.11 Å². The van der Waals surface area contributed by atoms with Crippen LogP contribution in [0.4, 0.5) is 0 Å². The maximum absolute atomic E-state index is 10.4. The van der Waals surface area contributed by atoms with Crippen molar-refractivity contribution in [3.63, 3.8) is 0 Å². The highest BCUT2D eigenvalue weighted by Gasteiger charge is 2.28. The van der Waals surface area contributed by atoms with Crippen molar-refractivity contribution in [1.29, 1.82) is 0 Å². The Kier molecular flexibility index (Phi) is 4.92. The first kappa shape index (κ1) is 14.3. The van der Waals surface area contributed by atoms with Crippen molar-refractivity contribution in [2.24, 2.45) is 0 Å². The summed E-state index contributed by atoms with van der Waals surface area (Å²) in [5.41, 5.74) is 0. The van der Waals surface area contributed by atoms with Crippen LogP contribution in [0, 0.1) is 0 Å². The van der Waals surface area contributed by atoms with E-state index in [-0.39, 0.29) is 6.10 Å². The molecule has 2 aliphatic carbocycles. The van der Waals surface area contributed by atoms with Crippen molar-refractivity contribution in [1.82, 2.24) is 9.80 Å². The first-order valence-electron chi connectivity index (χ1n) is 8.32. The molecule has 3 nitrogen and oxygen atoms in total. The van der Waals surface area contributed by atoms with E-state index in [0.29, 0.717) is 12.1 Å². The molecule has 1 aliphatic heterocycles. The Balaban J connectivity index is 1.62. The second-order valence-corrected chi connectivity index (χ2v) is 6.50. The monoisotopic (exact) mass is 276 g/mol. The molecule has 2 atom stereocenters. The van der Waals surface area contributed by atoms with E-state index in [1.54, 1.807) is 0 Å². The lowest BCUT2D eigenvalue weighted by Crippen LogP contribution is -2.40. The Bertz CT molecular complexity index is 332. The van der Waals surface area contributed by atoms with Crippen LogP contribution in [0.25, 0.3) is 0 Å². The zero-order valence-corrected chi connectivity index (χ0v) is 12.5. The third-order valence-electron chi connectivity index (χ3n) is 4.96. The fraction of sp³-hybridized carbons (Fsp3) is 0.765. The van der Waals surface area contributed by atoms with Crippen LogP contribution in [0.2, 0.25) is 0 Å². The van der Waals surface area contributed by atoms with E-state index in [9.17, 15) is 5.11 Å². The lowest BCUT2D eigenvalue weighted by molar-refractivity contribution is 0.0923. The molecule has 3 aliphatic rings. The third kappa shape index (κ3) is 3.51. The second-order valence-electron chi connectivity index (χ2n) is 6.50. The summed E-state index contributed by atoms with van der Waals surface area (Å²) >= 11 is 0. The van der Waals surface area contributed by atoms with Gasteiger partial charge in [-0.15, -0.1) is 0 Å². The number of hydrogen-bond acceptors (Lipinski definition) is 3. The summed E-state index contributed by atoms with van der Waals surface area (Å²) in [7, 11) is 0. The summed E-state index contributed by atoms with van der Waals surface area (Å²) < 4.78 is 0. The number of nitrogens with zero attached hydrogens (tertiary/aromatic N) is 2. The Hall–Kier alpha value is -0.640. The first-order chi connectivity index (χ1) is 9.83. The van der Waals surface area contributed by atoms with Crippen LogP contribution in [0.15, 0.2) is 24.3 Å². The molecule has 0 bridgehead atoms. The van der Waals surface area contributed by atoms with Gasteiger partial charge in [-0.1, -0.05) is 24.3 Å². The van der Waals surface area contributed by atoms with Crippen molar-refractivity contribution in [2.45, 2.75) is 56.7 Å². The van der Waals surface area contributed by atoms with Crippen LogP contribution in [0.1, 0.15) is 38.5 Å². The van der Waals surface area contributed by atoms with Gasteiger partial charge in [-0.2, -0.15) is 0 Å². The highest BCUT2D eigenvalue weighted by molar-refractivity contribution is 5.02. The summed E-state index contributed by atoms with van der Waals surface area (Å²) in [5, 5.41) is 10.4. The largest absolute Gasteiger partial charge is 0.390 e. The number of allylic oxidation sites excluding steroid dienone is 2. The van der Waals surface area contributed by atoms with E-state index in [1.165, 1.54) is 38.5 Å². The molecular weight excluding hydrogens is 248 g/mol. The minimum Gasteiger partial charge on any atom is -0.390 e. The highest BCUT2D eigenvalue weighted by atomic mass is 16.3. The van der Waals surface area contributed by atoms with Gasteiger partial charge in [0.25, 0.3) is 0 Å². The number of aliphatic hydroxyl groups excluding tert-OH is 1. The SMILES string of the molecule is OC1CN([C@H]2C=CCCC2)CCN([C@H]2C=CCCC2)C1. The van der Waals surface area contributed by atoms with E-state index >= 15 is 0 Å². The molecule has 3 rings (SSSR count). The molecule has 1 saturated heterocycles. The zero-order valence-electron chi connectivity index (χ0n) is 12.5. The van der Waals surface area contributed by atoms with E-state index in [0.717, 1.165) is 26.2 Å². The minimum atomic E-state index is -0.205. The first-order valence-corrected chi connectivity index (χ1v) is 8.32. The van der Waals surface area contributed by atoms with Crippen molar-refractivity contribution < 1.29 is 5.11 Å². The number of aliphatic hydroxyl groups is 1. The smallest absolute Gasteiger partial charge is 0.0794 e. The molecule has 0 saturated carbocycles. The quantitative estimate of drug-likeness (QED) is 0.783. The summed E-state index contributed by atoms with van der Waals surface area (Å²) in [6.07, 6.45) is 16.7. The van der Waals surface area contributed by atoms with E-state index in [2.05, 4.69) is 34.1 Å². The maximum atomic E-state index is 10.4. The lowest BCUT2D eigenvalue weighted by Gasteiger charge is -2.32. The highest BCUT2D eigenvalue weighted by Crippen LogP contribution is 2.21. The van der Waals surface area contributed by atoms with Gasteiger partial charge in [-0.3, -0.25) is 9.80 Å². The van der Waals surface area contributed by atoms with Gasteiger partial charge in [-0.25, -0.2) is 0 Å². The molecular formula is C17H28N2O. The molecule has 0 amide bonds.